The van der Waals surface area contributed by atoms with Crippen LogP contribution in [-0.2, 0) is 7.05 Å². The van der Waals surface area contributed by atoms with E-state index in [1.54, 1.807) is 0 Å². The Balaban J connectivity index is 2.13. The third-order valence-electron chi connectivity index (χ3n) is 4.76. The van der Waals surface area contributed by atoms with Gasteiger partial charge < -0.3 is 5.32 Å². The number of aryl methyl sites for hydroxylation is 1. The van der Waals surface area contributed by atoms with Crippen molar-refractivity contribution < 1.29 is 0 Å². The van der Waals surface area contributed by atoms with Crippen molar-refractivity contribution in [3.05, 3.63) is 11.9 Å². The highest BCUT2D eigenvalue weighted by Crippen LogP contribution is 2.42. The van der Waals surface area contributed by atoms with E-state index >= 15 is 0 Å². The van der Waals surface area contributed by atoms with Gasteiger partial charge in [-0.05, 0) is 50.1 Å². The summed E-state index contributed by atoms with van der Waals surface area (Å²) in [5, 5.41) is 11.7. The fourth-order valence-corrected chi connectivity index (χ4v) is 3.44. The molecular weight excluding hydrogens is 236 g/mol. The molecule has 1 saturated carbocycles. The van der Waals surface area contributed by atoms with Crippen LogP contribution in [0.25, 0.3) is 0 Å². The van der Waals surface area contributed by atoms with Gasteiger partial charge in [0.05, 0.1) is 11.9 Å². The second kappa shape index (κ2) is 6.51. The van der Waals surface area contributed by atoms with Gasteiger partial charge in [0.2, 0.25) is 0 Å². The first-order valence-corrected chi connectivity index (χ1v) is 7.68. The zero-order valence-electron chi connectivity index (χ0n) is 12.8. The minimum absolute atomic E-state index is 0.611. The average molecular weight is 264 g/mol. The van der Waals surface area contributed by atoms with Crippen LogP contribution in [0.15, 0.2) is 6.20 Å². The summed E-state index contributed by atoms with van der Waals surface area (Å²) in [7, 11) is 2.02. The van der Waals surface area contributed by atoms with Crippen molar-refractivity contribution in [1.82, 2.24) is 20.3 Å². The van der Waals surface area contributed by atoms with Crippen molar-refractivity contribution in [3.63, 3.8) is 0 Å². The maximum Gasteiger partial charge on any atom is 0.0728 e. The van der Waals surface area contributed by atoms with Gasteiger partial charge in [-0.3, -0.25) is 4.68 Å². The van der Waals surface area contributed by atoms with Crippen LogP contribution in [0.5, 0.6) is 0 Å². The first-order chi connectivity index (χ1) is 9.13. The van der Waals surface area contributed by atoms with Crippen molar-refractivity contribution in [2.45, 2.75) is 46.0 Å². The molecule has 3 unspecified atom stereocenters. The Morgan fingerprint density at radius 2 is 2.21 bits per heavy atom. The molecule has 1 aliphatic rings. The van der Waals surface area contributed by atoms with E-state index < -0.39 is 0 Å². The lowest BCUT2D eigenvalue weighted by Gasteiger charge is -2.37. The molecule has 0 aliphatic heterocycles. The monoisotopic (exact) mass is 264 g/mol. The molecule has 2 rings (SSSR count). The minimum Gasteiger partial charge on any atom is -0.317 e. The summed E-state index contributed by atoms with van der Waals surface area (Å²) >= 11 is 0. The Morgan fingerprint density at radius 1 is 1.42 bits per heavy atom. The summed E-state index contributed by atoms with van der Waals surface area (Å²) in [5.74, 6) is 2.97. The van der Waals surface area contributed by atoms with Gasteiger partial charge in [0.1, 0.15) is 0 Å². The lowest BCUT2D eigenvalue weighted by molar-refractivity contribution is 0.186. The molecule has 1 aliphatic carbocycles. The number of nitrogens with zero attached hydrogens (tertiary/aromatic N) is 3. The summed E-state index contributed by atoms with van der Waals surface area (Å²) < 4.78 is 1.96. The van der Waals surface area contributed by atoms with Crippen molar-refractivity contribution in [2.24, 2.45) is 24.8 Å². The summed E-state index contributed by atoms with van der Waals surface area (Å²) in [6.45, 7) is 9.07. The van der Waals surface area contributed by atoms with Gasteiger partial charge in [-0.2, -0.15) is 0 Å². The molecule has 19 heavy (non-hydrogen) atoms. The van der Waals surface area contributed by atoms with Gasteiger partial charge >= 0.3 is 0 Å². The van der Waals surface area contributed by atoms with Gasteiger partial charge in [0, 0.05) is 13.0 Å². The predicted octanol–water partition coefficient (Wildman–Crippen LogP) is 2.58. The maximum atomic E-state index is 4.12. The molecule has 0 spiro atoms. The fraction of sp³-hybridized carbons (Fsp3) is 0.867. The van der Waals surface area contributed by atoms with Crippen LogP contribution in [0.3, 0.4) is 0 Å². The maximum absolute atomic E-state index is 4.12. The highest BCUT2D eigenvalue weighted by molar-refractivity contribution is 5.08. The summed E-state index contributed by atoms with van der Waals surface area (Å²) in [6, 6.07) is 0. The molecule has 4 heteroatoms. The Hall–Kier alpha value is -0.900. The van der Waals surface area contributed by atoms with Gasteiger partial charge in [0.25, 0.3) is 0 Å². The molecule has 1 heterocycles. The first-order valence-electron chi connectivity index (χ1n) is 7.68. The predicted molar refractivity (Wildman–Crippen MR) is 78.0 cm³/mol. The minimum atomic E-state index is 0.611. The molecule has 1 aromatic rings. The van der Waals surface area contributed by atoms with Crippen LogP contribution in [-0.4, -0.2) is 28.1 Å². The Morgan fingerprint density at radius 3 is 2.79 bits per heavy atom. The number of hydrogen-bond donors (Lipinski definition) is 1. The van der Waals surface area contributed by atoms with Crippen molar-refractivity contribution in [1.29, 1.82) is 0 Å². The summed E-state index contributed by atoms with van der Waals surface area (Å²) in [4.78, 5) is 0. The first kappa shape index (κ1) is 14.5. The number of nitrogens with one attached hydrogen (secondary N) is 1. The number of aromatic nitrogens is 3. The molecule has 0 saturated heterocycles. The summed E-state index contributed by atoms with van der Waals surface area (Å²) in [5.41, 5.74) is 1.31. The molecule has 1 fully saturated rings. The van der Waals surface area contributed by atoms with Crippen molar-refractivity contribution in [3.8, 4) is 0 Å². The van der Waals surface area contributed by atoms with Crippen LogP contribution < -0.4 is 5.32 Å². The topological polar surface area (TPSA) is 42.7 Å². The lowest BCUT2D eigenvalue weighted by atomic mass is 9.69. The molecule has 0 amide bonds. The van der Waals surface area contributed by atoms with Crippen LogP contribution in [0.4, 0.5) is 0 Å². The Kier molecular flexibility index (Phi) is 4.97. The molecule has 108 valence electrons. The highest BCUT2D eigenvalue weighted by atomic mass is 15.4. The van der Waals surface area contributed by atoms with E-state index in [1.165, 1.54) is 25.0 Å². The molecule has 0 bridgehead atoms. The van der Waals surface area contributed by atoms with Crippen LogP contribution in [0.2, 0.25) is 0 Å². The van der Waals surface area contributed by atoms with E-state index in [0.29, 0.717) is 5.92 Å². The van der Waals surface area contributed by atoms with Gasteiger partial charge in [-0.25, -0.2) is 0 Å². The van der Waals surface area contributed by atoms with Gasteiger partial charge in [-0.15, -0.1) is 5.10 Å². The van der Waals surface area contributed by atoms with E-state index in [4.69, 9.17) is 0 Å². The third-order valence-corrected chi connectivity index (χ3v) is 4.76. The zero-order valence-corrected chi connectivity index (χ0v) is 12.8. The average Bonchev–Trinajstić information content (AvgIpc) is 2.82. The van der Waals surface area contributed by atoms with Crippen molar-refractivity contribution >= 4 is 0 Å². The summed E-state index contributed by atoms with van der Waals surface area (Å²) in [6.07, 6.45) is 5.95. The standard InChI is InChI=1S/C15H28N4/c1-5-16-9-13-7-6-12(11(2)3)8-14(13)15-10-17-18-19(15)4/h10-14,16H,5-9H2,1-4H3. The Labute approximate surface area is 117 Å². The van der Waals surface area contributed by atoms with E-state index in [9.17, 15) is 0 Å². The zero-order chi connectivity index (χ0) is 13.8. The molecule has 1 aromatic heterocycles. The molecule has 0 aromatic carbocycles. The van der Waals surface area contributed by atoms with E-state index in [1.807, 2.05) is 17.9 Å². The van der Waals surface area contributed by atoms with Crippen LogP contribution in [0.1, 0.15) is 51.6 Å². The van der Waals surface area contributed by atoms with E-state index in [0.717, 1.165) is 30.8 Å². The van der Waals surface area contributed by atoms with E-state index in [-0.39, 0.29) is 0 Å². The van der Waals surface area contributed by atoms with Gasteiger partial charge in [-0.1, -0.05) is 26.0 Å². The molecular formula is C15H28N4. The smallest absolute Gasteiger partial charge is 0.0728 e. The fourth-order valence-electron chi connectivity index (χ4n) is 3.44. The molecule has 3 atom stereocenters. The Bertz CT molecular complexity index is 385. The SMILES string of the molecule is CCNCC1CCC(C(C)C)CC1c1cnnn1C. The molecule has 0 radical (unpaired) electrons. The highest BCUT2D eigenvalue weighted by Gasteiger charge is 2.34. The normalized spacial score (nSPS) is 27.9. The molecule has 1 N–H and O–H groups in total. The number of rotatable bonds is 5. The van der Waals surface area contributed by atoms with Crippen LogP contribution >= 0.6 is 0 Å². The third kappa shape index (κ3) is 3.35. The second-order valence-corrected chi connectivity index (χ2v) is 6.27. The van der Waals surface area contributed by atoms with Crippen LogP contribution in [0, 0.1) is 17.8 Å². The van der Waals surface area contributed by atoms with E-state index in [2.05, 4.69) is 36.4 Å². The lowest BCUT2D eigenvalue weighted by Crippen LogP contribution is -2.34. The largest absolute Gasteiger partial charge is 0.317 e. The number of hydrogen-bond acceptors (Lipinski definition) is 3. The van der Waals surface area contributed by atoms with Gasteiger partial charge in [0.15, 0.2) is 0 Å². The van der Waals surface area contributed by atoms with Crippen molar-refractivity contribution in [2.75, 3.05) is 13.1 Å². The second-order valence-electron chi connectivity index (χ2n) is 6.27. The molecule has 4 nitrogen and oxygen atoms in total. The quantitative estimate of drug-likeness (QED) is 0.889.